The molecule has 6 heteroatoms. The van der Waals surface area contributed by atoms with Gasteiger partial charge in [-0.2, -0.15) is 0 Å². The van der Waals surface area contributed by atoms with Gasteiger partial charge in [-0.3, -0.25) is 9.79 Å². The van der Waals surface area contributed by atoms with E-state index in [0.717, 1.165) is 11.0 Å². The second-order valence-corrected chi connectivity index (χ2v) is 6.94. The van der Waals surface area contributed by atoms with E-state index in [2.05, 4.69) is 49.8 Å². The van der Waals surface area contributed by atoms with Crippen molar-refractivity contribution in [3.63, 3.8) is 0 Å². The number of rotatable bonds is 6. The number of nitrogens with zero attached hydrogens (tertiary/aromatic N) is 1. The lowest BCUT2D eigenvalue weighted by atomic mass is 9.96. The Kier molecular flexibility index (Phi) is 6.04. The first kappa shape index (κ1) is 17.8. The third kappa shape index (κ3) is 4.70. The fourth-order valence-electron chi connectivity index (χ4n) is 2.54. The van der Waals surface area contributed by atoms with Crippen LogP contribution in [0.25, 0.3) is 0 Å². The lowest BCUT2D eigenvalue weighted by Crippen LogP contribution is -2.43. The van der Waals surface area contributed by atoms with Crippen LogP contribution in [0, 0.1) is 5.92 Å². The molecule has 0 radical (unpaired) electrons. The van der Waals surface area contributed by atoms with Crippen molar-refractivity contribution in [2.45, 2.75) is 25.2 Å². The zero-order valence-electron chi connectivity index (χ0n) is 13.9. The third-order valence-corrected chi connectivity index (χ3v) is 4.78. The number of methoxy groups -OCH3 is 1. The molecular formula is C17H24BrN3O2. The van der Waals surface area contributed by atoms with Crippen LogP contribution in [0.15, 0.2) is 33.7 Å². The summed E-state index contributed by atoms with van der Waals surface area (Å²) in [5.41, 5.74) is 1.53. The average Bonchev–Trinajstić information content (AvgIpc) is 3.35. The van der Waals surface area contributed by atoms with Gasteiger partial charge in [-0.25, -0.2) is 0 Å². The van der Waals surface area contributed by atoms with Crippen LogP contribution >= 0.6 is 15.9 Å². The van der Waals surface area contributed by atoms with Gasteiger partial charge in [0.05, 0.1) is 13.0 Å². The zero-order chi connectivity index (χ0) is 16.9. The normalized spacial score (nSPS) is 17.3. The van der Waals surface area contributed by atoms with E-state index in [1.165, 1.54) is 25.5 Å². The molecule has 1 unspecified atom stereocenters. The molecule has 1 aromatic carbocycles. The van der Waals surface area contributed by atoms with Crippen molar-refractivity contribution in [3.8, 4) is 0 Å². The van der Waals surface area contributed by atoms with Gasteiger partial charge in [0.1, 0.15) is 0 Å². The summed E-state index contributed by atoms with van der Waals surface area (Å²) in [6.07, 6.45) is 2.35. The first-order valence-corrected chi connectivity index (χ1v) is 8.58. The molecule has 23 heavy (non-hydrogen) atoms. The highest BCUT2D eigenvalue weighted by atomic mass is 79.9. The molecule has 0 saturated heterocycles. The molecular weight excluding hydrogens is 358 g/mol. The molecule has 0 amide bonds. The minimum Gasteiger partial charge on any atom is -0.469 e. The largest absolute Gasteiger partial charge is 0.469 e. The van der Waals surface area contributed by atoms with E-state index in [4.69, 9.17) is 4.74 Å². The monoisotopic (exact) mass is 381 g/mol. The van der Waals surface area contributed by atoms with E-state index in [1.807, 2.05) is 13.0 Å². The van der Waals surface area contributed by atoms with Crippen LogP contribution in [-0.2, 0) is 14.9 Å². The van der Waals surface area contributed by atoms with Crippen LogP contribution < -0.4 is 10.6 Å². The van der Waals surface area contributed by atoms with E-state index in [1.54, 1.807) is 7.05 Å². The maximum atomic E-state index is 11.4. The van der Waals surface area contributed by atoms with Crippen LogP contribution in [0.5, 0.6) is 0 Å². The second kappa shape index (κ2) is 7.81. The third-order valence-electron chi connectivity index (χ3n) is 4.29. The Morgan fingerprint density at radius 2 is 2.17 bits per heavy atom. The molecule has 1 fully saturated rings. The molecule has 5 nitrogen and oxygen atoms in total. The Hall–Kier alpha value is -1.56. The molecule has 2 N–H and O–H groups in total. The Morgan fingerprint density at radius 1 is 1.43 bits per heavy atom. The number of carbonyl (C=O) groups is 1. The number of hydrogen-bond donors (Lipinski definition) is 2. The Labute approximate surface area is 146 Å². The lowest BCUT2D eigenvalue weighted by molar-refractivity contribution is -0.144. The van der Waals surface area contributed by atoms with Gasteiger partial charge in [0, 0.05) is 30.0 Å². The summed E-state index contributed by atoms with van der Waals surface area (Å²) in [6, 6.07) is 8.48. The highest BCUT2D eigenvalue weighted by Gasteiger charge is 2.44. The summed E-state index contributed by atoms with van der Waals surface area (Å²) >= 11 is 3.54. The molecule has 1 atom stereocenters. The standard InChI is InChI=1S/C17H24BrN3O2/c1-12(15(22)23-3)10-20-16(19-2)21-11-17(7-8-17)13-5-4-6-14(18)9-13/h4-6,9,12H,7-8,10-11H2,1-3H3,(H2,19,20,21). The quantitative estimate of drug-likeness (QED) is 0.451. The summed E-state index contributed by atoms with van der Waals surface area (Å²) < 4.78 is 5.83. The number of nitrogens with one attached hydrogen (secondary N) is 2. The number of benzene rings is 1. The van der Waals surface area contributed by atoms with Crippen molar-refractivity contribution in [2.24, 2.45) is 10.9 Å². The molecule has 1 saturated carbocycles. The number of guanidine groups is 1. The fourth-order valence-corrected chi connectivity index (χ4v) is 2.94. The highest BCUT2D eigenvalue weighted by Crippen LogP contribution is 2.48. The number of hydrogen-bond acceptors (Lipinski definition) is 3. The minimum atomic E-state index is -0.222. The van der Waals surface area contributed by atoms with Crippen LogP contribution in [0.4, 0.5) is 0 Å². The number of carbonyl (C=O) groups excluding carboxylic acids is 1. The SMILES string of the molecule is CN=C(NCC(C)C(=O)OC)NCC1(c2cccc(Br)c2)CC1. The Bertz CT molecular complexity index is 585. The fraction of sp³-hybridized carbons (Fsp3) is 0.529. The second-order valence-electron chi connectivity index (χ2n) is 6.02. The maximum absolute atomic E-state index is 11.4. The molecule has 2 rings (SSSR count). The van der Waals surface area contributed by atoms with E-state index in [9.17, 15) is 4.79 Å². The summed E-state index contributed by atoms with van der Waals surface area (Å²) in [5.74, 6) is 0.279. The number of halogens is 1. The maximum Gasteiger partial charge on any atom is 0.310 e. The van der Waals surface area contributed by atoms with Gasteiger partial charge in [0.25, 0.3) is 0 Å². The van der Waals surface area contributed by atoms with Crippen molar-refractivity contribution < 1.29 is 9.53 Å². The number of esters is 1. The summed E-state index contributed by atoms with van der Waals surface area (Å²) in [7, 11) is 3.14. The predicted octanol–water partition coefficient (Wildman–Crippen LogP) is 2.45. The molecule has 0 bridgehead atoms. The topological polar surface area (TPSA) is 62.7 Å². The van der Waals surface area contributed by atoms with Crippen molar-refractivity contribution in [1.29, 1.82) is 0 Å². The number of ether oxygens (including phenoxy) is 1. The van der Waals surface area contributed by atoms with Gasteiger partial charge in [-0.15, -0.1) is 0 Å². The van der Waals surface area contributed by atoms with E-state index < -0.39 is 0 Å². The van der Waals surface area contributed by atoms with Gasteiger partial charge in [-0.1, -0.05) is 35.0 Å². The van der Waals surface area contributed by atoms with Gasteiger partial charge >= 0.3 is 5.97 Å². The van der Waals surface area contributed by atoms with Crippen molar-refractivity contribution >= 4 is 27.9 Å². The van der Waals surface area contributed by atoms with E-state index in [-0.39, 0.29) is 17.3 Å². The first-order valence-electron chi connectivity index (χ1n) is 7.79. The van der Waals surface area contributed by atoms with Gasteiger partial charge < -0.3 is 15.4 Å². The molecule has 0 heterocycles. The molecule has 1 aliphatic carbocycles. The summed E-state index contributed by atoms with van der Waals surface area (Å²) in [4.78, 5) is 15.7. The number of aliphatic imine (C=N–C) groups is 1. The van der Waals surface area contributed by atoms with Crippen LogP contribution in [0.2, 0.25) is 0 Å². The van der Waals surface area contributed by atoms with E-state index in [0.29, 0.717) is 12.5 Å². The molecule has 0 aliphatic heterocycles. The van der Waals surface area contributed by atoms with Crippen molar-refractivity contribution in [3.05, 3.63) is 34.3 Å². The van der Waals surface area contributed by atoms with Crippen LogP contribution in [-0.4, -0.2) is 39.2 Å². The first-order chi connectivity index (χ1) is 11.0. The highest BCUT2D eigenvalue weighted by molar-refractivity contribution is 9.10. The van der Waals surface area contributed by atoms with Gasteiger partial charge in [-0.05, 0) is 30.5 Å². The van der Waals surface area contributed by atoms with Crippen LogP contribution in [0.1, 0.15) is 25.3 Å². The zero-order valence-corrected chi connectivity index (χ0v) is 15.4. The Balaban J connectivity index is 1.87. The molecule has 1 aliphatic rings. The van der Waals surface area contributed by atoms with Crippen molar-refractivity contribution in [2.75, 3.05) is 27.2 Å². The molecule has 126 valence electrons. The smallest absolute Gasteiger partial charge is 0.310 e. The lowest BCUT2D eigenvalue weighted by Gasteiger charge is -2.20. The average molecular weight is 382 g/mol. The predicted molar refractivity (Wildman–Crippen MR) is 95.6 cm³/mol. The van der Waals surface area contributed by atoms with Crippen LogP contribution in [0.3, 0.4) is 0 Å². The summed E-state index contributed by atoms with van der Waals surface area (Å²) in [6.45, 7) is 3.15. The summed E-state index contributed by atoms with van der Waals surface area (Å²) in [5, 5.41) is 6.55. The molecule has 0 aromatic heterocycles. The van der Waals surface area contributed by atoms with Gasteiger partial charge in [0.2, 0.25) is 0 Å². The van der Waals surface area contributed by atoms with E-state index >= 15 is 0 Å². The molecule has 1 aromatic rings. The van der Waals surface area contributed by atoms with Crippen molar-refractivity contribution in [1.82, 2.24) is 10.6 Å². The minimum absolute atomic E-state index is 0.190. The van der Waals surface area contributed by atoms with Gasteiger partial charge in [0.15, 0.2) is 5.96 Å². The molecule has 0 spiro atoms. The Morgan fingerprint density at radius 3 is 2.74 bits per heavy atom.